The molecule has 2 heterocycles. The van der Waals surface area contributed by atoms with E-state index in [0.29, 0.717) is 19.0 Å². The van der Waals surface area contributed by atoms with E-state index in [4.69, 9.17) is 0 Å². The van der Waals surface area contributed by atoms with Crippen LogP contribution in [0.4, 0.5) is 4.39 Å². The van der Waals surface area contributed by atoms with E-state index >= 15 is 0 Å². The van der Waals surface area contributed by atoms with Crippen molar-refractivity contribution in [3.63, 3.8) is 0 Å². The first-order valence-corrected chi connectivity index (χ1v) is 9.24. The molecule has 1 atom stereocenters. The molecule has 1 aliphatic heterocycles. The lowest BCUT2D eigenvalue weighted by Crippen LogP contribution is -2.42. The molecule has 1 aromatic carbocycles. The number of thiophene rings is 1. The number of nitrogens with one attached hydrogen (secondary N) is 1. The van der Waals surface area contributed by atoms with Crippen molar-refractivity contribution in [3.05, 3.63) is 57.5 Å². The minimum atomic E-state index is -0.239. The largest absolute Gasteiger partial charge is 0.337 e. The van der Waals surface area contributed by atoms with Gasteiger partial charge in [-0.3, -0.25) is 4.79 Å². The van der Waals surface area contributed by atoms with Crippen molar-refractivity contribution in [1.82, 2.24) is 10.2 Å². The fourth-order valence-corrected chi connectivity index (χ4v) is 4.07. The van der Waals surface area contributed by atoms with E-state index in [1.54, 1.807) is 23.5 Å². The highest BCUT2D eigenvalue weighted by Gasteiger charge is 2.23. The molecule has 1 N–H and O–H groups in total. The van der Waals surface area contributed by atoms with Crippen LogP contribution < -0.4 is 5.32 Å². The van der Waals surface area contributed by atoms with Crippen LogP contribution in [0.15, 0.2) is 35.7 Å². The molecule has 1 amide bonds. The Morgan fingerprint density at radius 3 is 2.75 bits per heavy atom. The highest BCUT2D eigenvalue weighted by atomic mass is 32.1. The maximum absolute atomic E-state index is 13.1. The van der Waals surface area contributed by atoms with Crippen molar-refractivity contribution < 1.29 is 9.18 Å². The second-order valence-electron chi connectivity index (χ2n) is 6.59. The molecule has 2 aromatic rings. The van der Waals surface area contributed by atoms with E-state index in [-0.39, 0.29) is 17.8 Å². The fourth-order valence-electron chi connectivity index (χ4n) is 3.18. The molecule has 1 aromatic heterocycles. The lowest BCUT2D eigenvalue weighted by Gasteiger charge is -2.29. The predicted molar refractivity (Wildman–Crippen MR) is 95.4 cm³/mol. The monoisotopic (exact) mass is 346 g/mol. The number of rotatable bonds is 5. The lowest BCUT2D eigenvalue weighted by molar-refractivity contribution is -0.131. The zero-order valence-electron chi connectivity index (χ0n) is 14.1. The highest BCUT2D eigenvalue weighted by Crippen LogP contribution is 2.25. The van der Waals surface area contributed by atoms with Gasteiger partial charge in [0.05, 0.1) is 6.54 Å². The van der Waals surface area contributed by atoms with Gasteiger partial charge in [0, 0.05) is 24.0 Å². The van der Waals surface area contributed by atoms with Gasteiger partial charge in [-0.25, -0.2) is 4.39 Å². The maximum Gasteiger partial charge on any atom is 0.236 e. The van der Waals surface area contributed by atoms with Gasteiger partial charge in [0.2, 0.25) is 5.91 Å². The normalized spacial score (nSPS) is 15.4. The Bertz CT molecular complexity index is 696. The maximum atomic E-state index is 13.1. The number of nitrogens with zero attached hydrogens (tertiary/aromatic N) is 1. The number of carbonyl (C=O) groups is 1. The smallest absolute Gasteiger partial charge is 0.236 e. The van der Waals surface area contributed by atoms with Gasteiger partial charge >= 0.3 is 0 Å². The Balaban J connectivity index is 1.60. The molecular weight excluding hydrogens is 323 g/mol. The van der Waals surface area contributed by atoms with Gasteiger partial charge in [0.1, 0.15) is 5.82 Å². The standard InChI is InChI=1S/C19H23FN2OS/c1-13(2)19(14-3-5-16(20)6-4-14)21-11-18(23)22-9-7-17-15(12-22)8-10-24-17/h3-6,8,10,13,19,21H,7,9,11-12H2,1-2H3. The van der Waals surface area contributed by atoms with Gasteiger partial charge < -0.3 is 10.2 Å². The van der Waals surface area contributed by atoms with Crippen LogP contribution in [-0.4, -0.2) is 23.9 Å². The van der Waals surface area contributed by atoms with Crippen LogP contribution in [0.2, 0.25) is 0 Å². The topological polar surface area (TPSA) is 32.3 Å². The molecule has 0 saturated heterocycles. The number of carbonyl (C=O) groups excluding carboxylic acids is 1. The second kappa shape index (κ2) is 7.45. The first kappa shape index (κ1) is 17.1. The van der Waals surface area contributed by atoms with Gasteiger partial charge in [0.25, 0.3) is 0 Å². The van der Waals surface area contributed by atoms with Gasteiger partial charge in [-0.15, -0.1) is 11.3 Å². The molecule has 5 heteroatoms. The minimum Gasteiger partial charge on any atom is -0.337 e. The molecule has 3 rings (SSSR count). The summed E-state index contributed by atoms with van der Waals surface area (Å²) in [4.78, 5) is 15.9. The molecule has 24 heavy (non-hydrogen) atoms. The van der Waals surface area contributed by atoms with E-state index < -0.39 is 0 Å². The molecule has 1 aliphatic rings. The van der Waals surface area contributed by atoms with E-state index in [1.165, 1.54) is 22.6 Å². The number of fused-ring (bicyclic) bond motifs is 1. The fraction of sp³-hybridized carbons (Fsp3) is 0.421. The molecule has 0 bridgehead atoms. The zero-order chi connectivity index (χ0) is 17.1. The third-order valence-electron chi connectivity index (χ3n) is 4.53. The molecule has 0 aliphatic carbocycles. The minimum absolute atomic E-state index is 0.0380. The van der Waals surface area contributed by atoms with Gasteiger partial charge in [-0.1, -0.05) is 26.0 Å². The quantitative estimate of drug-likeness (QED) is 0.894. The van der Waals surface area contributed by atoms with Gasteiger partial charge in [0.15, 0.2) is 0 Å². The number of hydrogen-bond donors (Lipinski definition) is 1. The molecule has 0 radical (unpaired) electrons. The van der Waals surface area contributed by atoms with Crippen LogP contribution >= 0.6 is 11.3 Å². The summed E-state index contributed by atoms with van der Waals surface area (Å²) in [5, 5.41) is 5.46. The third-order valence-corrected chi connectivity index (χ3v) is 5.55. The summed E-state index contributed by atoms with van der Waals surface area (Å²) in [6, 6.07) is 8.67. The van der Waals surface area contributed by atoms with Crippen LogP contribution in [0.3, 0.4) is 0 Å². The second-order valence-corrected chi connectivity index (χ2v) is 7.59. The summed E-state index contributed by atoms with van der Waals surface area (Å²) < 4.78 is 13.1. The van der Waals surface area contributed by atoms with Crippen LogP contribution in [0, 0.1) is 11.7 Å². The molecular formula is C19H23FN2OS. The van der Waals surface area contributed by atoms with Crippen LogP contribution in [0.5, 0.6) is 0 Å². The lowest BCUT2D eigenvalue weighted by atomic mass is 9.96. The summed E-state index contributed by atoms with van der Waals surface area (Å²) in [6.45, 7) is 6.01. The number of hydrogen-bond acceptors (Lipinski definition) is 3. The molecule has 0 saturated carbocycles. The van der Waals surface area contributed by atoms with Crippen molar-refractivity contribution in [1.29, 1.82) is 0 Å². The van der Waals surface area contributed by atoms with Crippen molar-refractivity contribution in [2.45, 2.75) is 32.9 Å². The van der Waals surface area contributed by atoms with Gasteiger partial charge in [-0.2, -0.15) is 0 Å². The molecule has 0 spiro atoms. The predicted octanol–water partition coefficient (Wildman–Crippen LogP) is 3.76. The van der Waals surface area contributed by atoms with Gasteiger partial charge in [-0.05, 0) is 47.0 Å². The molecule has 0 fully saturated rings. The Morgan fingerprint density at radius 2 is 2.04 bits per heavy atom. The van der Waals surface area contributed by atoms with E-state index in [9.17, 15) is 9.18 Å². The first-order chi connectivity index (χ1) is 11.5. The zero-order valence-corrected chi connectivity index (χ0v) is 14.9. The number of amides is 1. The van der Waals surface area contributed by atoms with Crippen molar-refractivity contribution >= 4 is 17.2 Å². The van der Waals surface area contributed by atoms with Crippen LogP contribution in [-0.2, 0) is 17.8 Å². The highest BCUT2D eigenvalue weighted by molar-refractivity contribution is 7.10. The first-order valence-electron chi connectivity index (χ1n) is 8.36. The van der Waals surface area contributed by atoms with Crippen molar-refractivity contribution in [2.24, 2.45) is 5.92 Å². The summed E-state index contributed by atoms with van der Waals surface area (Å²) in [5.74, 6) is 0.199. The molecule has 128 valence electrons. The Hall–Kier alpha value is -1.72. The van der Waals surface area contributed by atoms with E-state index in [2.05, 4.69) is 30.6 Å². The van der Waals surface area contributed by atoms with Crippen LogP contribution in [0.1, 0.15) is 35.9 Å². The van der Waals surface area contributed by atoms with Crippen molar-refractivity contribution in [3.8, 4) is 0 Å². The number of halogens is 1. The van der Waals surface area contributed by atoms with E-state index in [0.717, 1.165) is 18.5 Å². The average Bonchev–Trinajstić information content (AvgIpc) is 3.03. The van der Waals surface area contributed by atoms with Crippen LogP contribution in [0.25, 0.3) is 0 Å². The average molecular weight is 346 g/mol. The Morgan fingerprint density at radius 1 is 1.29 bits per heavy atom. The SMILES string of the molecule is CC(C)C(NCC(=O)N1CCc2sccc2C1)c1ccc(F)cc1. The van der Waals surface area contributed by atoms with E-state index in [1.807, 2.05) is 4.90 Å². The third kappa shape index (κ3) is 3.84. The summed E-state index contributed by atoms with van der Waals surface area (Å²) in [5.41, 5.74) is 2.29. The Kier molecular flexibility index (Phi) is 5.31. The summed E-state index contributed by atoms with van der Waals surface area (Å²) in [6.07, 6.45) is 0.949. The summed E-state index contributed by atoms with van der Waals surface area (Å²) in [7, 11) is 0. The van der Waals surface area contributed by atoms with Crippen molar-refractivity contribution in [2.75, 3.05) is 13.1 Å². The molecule has 3 nitrogen and oxygen atoms in total. The molecule has 1 unspecified atom stereocenters. The number of benzene rings is 1. The Labute approximate surface area is 146 Å². The summed E-state index contributed by atoms with van der Waals surface area (Å²) >= 11 is 1.78.